The van der Waals surface area contributed by atoms with Gasteiger partial charge in [-0.1, -0.05) is 30.3 Å². The minimum absolute atomic E-state index is 0.0374. The second-order valence-electron chi connectivity index (χ2n) is 6.37. The van der Waals surface area contributed by atoms with E-state index in [4.69, 9.17) is 4.74 Å². The molecule has 0 N–H and O–H groups in total. The molecular formula is C21H18F3NO4S. The zero-order chi connectivity index (χ0) is 21.9. The Morgan fingerprint density at radius 1 is 0.967 bits per heavy atom. The van der Waals surface area contributed by atoms with E-state index in [1.807, 2.05) is 12.1 Å². The van der Waals surface area contributed by atoms with Gasteiger partial charge in [-0.25, -0.2) is 8.42 Å². The lowest BCUT2D eigenvalue weighted by molar-refractivity contribution is -0.141. The molecule has 0 radical (unpaired) electrons. The molecule has 9 heteroatoms. The predicted octanol–water partition coefficient (Wildman–Crippen LogP) is 4.62. The first-order valence-corrected chi connectivity index (χ1v) is 10.4. The van der Waals surface area contributed by atoms with Crippen LogP contribution < -0.4 is 4.31 Å². The molecule has 158 valence electrons. The molecule has 5 nitrogen and oxygen atoms in total. The average molecular weight is 437 g/mol. The van der Waals surface area contributed by atoms with Gasteiger partial charge in [0.25, 0.3) is 10.0 Å². The van der Waals surface area contributed by atoms with Gasteiger partial charge in [0.2, 0.25) is 0 Å². The third-order valence-corrected chi connectivity index (χ3v) is 6.14. The van der Waals surface area contributed by atoms with Crippen LogP contribution in [0.1, 0.15) is 12.5 Å². The van der Waals surface area contributed by atoms with Crippen molar-refractivity contribution in [3.05, 3.63) is 72.3 Å². The smallest absolute Gasteiger partial charge is 0.416 e. The van der Waals surface area contributed by atoms with Crippen molar-refractivity contribution in [2.24, 2.45) is 0 Å². The number of benzene rings is 3. The highest BCUT2D eigenvalue weighted by Crippen LogP contribution is 2.32. The Bertz CT molecular complexity index is 1160. The molecule has 0 aromatic heterocycles. The number of carbonyl (C=O) groups is 1. The molecule has 30 heavy (non-hydrogen) atoms. The van der Waals surface area contributed by atoms with E-state index in [2.05, 4.69) is 0 Å². The number of halogens is 3. The van der Waals surface area contributed by atoms with E-state index >= 15 is 0 Å². The Morgan fingerprint density at radius 2 is 1.60 bits per heavy atom. The first kappa shape index (κ1) is 21.6. The number of anilines is 1. The van der Waals surface area contributed by atoms with Crippen LogP contribution in [0.25, 0.3) is 10.8 Å². The maximum Gasteiger partial charge on any atom is 0.416 e. The third kappa shape index (κ3) is 4.56. The Labute approximate surface area is 171 Å². The van der Waals surface area contributed by atoms with Crippen molar-refractivity contribution < 1.29 is 31.1 Å². The summed E-state index contributed by atoms with van der Waals surface area (Å²) in [5, 5.41) is 1.49. The number of nitrogens with zero attached hydrogens (tertiary/aromatic N) is 1. The maximum absolute atomic E-state index is 13.3. The van der Waals surface area contributed by atoms with Crippen molar-refractivity contribution >= 4 is 32.5 Å². The van der Waals surface area contributed by atoms with Crippen LogP contribution in [0, 0.1) is 0 Å². The quantitative estimate of drug-likeness (QED) is 0.528. The standard InChI is InChI=1S/C21H18F3NO4S/c1-2-29-20(26)14-25(18-10-8-17(9-11-18)21(22,23)24)30(27,28)19-12-7-15-5-3-4-6-16(15)13-19/h3-13H,2,14H2,1H3. The molecular weight excluding hydrogens is 419 g/mol. The molecule has 0 fully saturated rings. The lowest BCUT2D eigenvalue weighted by Crippen LogP contribution is -2.36. The molecule has 0 aliphatic carbocycles. The van der Waals surface area contributed by atoms with Crippen LogP contribution in [-0.4, -0.2) is 27.5 Å². The summed E-state index contributed by atoms with van der Waals surface area (Å²) >= 11 is 0. The molecule has 0 unspecified atom stereocenters. The zero-order valence-electron chi connectivity index (χ0n) is 15.9. The van der Waals surface area contributed by atoms with Crippen molar-refractivity contribution in [1.29, 1.82) is 0 Å². The van der Waals surface area contributed by atoms with Crippen LogP contribution in [-0.2, 0) is 25.7 Å². The fraction of sp³-hybridized carbons (Fsp3) is 0.190. The van der Waals surface area contributed by atoms with Crippen molar-refractivity contribution in [3.63, 3.8) is 0 Å². The van der Waals surface area contributed by atoms with Gasteiger partial charge in [0.05, 0.1) is 22.8 Å². The molecule has 0 aliphatic rings. The lowest BCUT2D eigenvalue weighted by atomic mass is 10.1. The SMILES string of the molecule is CCOC(=O)CN(c1ccc(C(F)(F)F)cc1)S(=O)(=O)c1ccc2ccccc2c1. The normalized spacial score (nSPS) is 12.0. The molecule has 0 amide bonds. The molecule has 0 bridgehead atoms. The van der Waals surface area contributed by atoms with E-state index in [9.17, 15) is 26.4 Å². The predicted molar refractivity (Wildman–Crippen MR) is 107 cm³/mol. The van der Waals surface area contributed by atoms with Gasteiger partial charge in [-0.15, -0.1) is 0 Å². The molecule has 0 aliphatic heterocycles. The fourth-order valence-corrected chi connectivity index (χ4v) is 4.36. The molecule has 0 spiro atoms. The molecule has 3 aromatic carbocycles. The number of fused-ring (bicyclic) bond motifs is 1. The van der Waals surface area contributed by atoms with E-state index in [0.717, 1.165) is 34.0 Å². The number of alkyl halides is 3. The van der Waals surface area contributed by atoms with Gasteiger partial charge in [0, 0.05) is 0 Å². The van der Waals surface area contributed by atoms with Crippen LogP contribution in [0.3, 0.4) is 0 Å². The van der Waals surface area contributed by atoms with Gasteiger partial charge < -0.3 is 4.74 Å². The highest BCUT2D eigenvalue weighted by atomic mass is 32.2. The number of sulfonamides is 1. The highest BCUT2D eigenvalue weighted by Gasteiger charge is 2.32. The highest BCUT2D eigenvalue weighted by molar-refractivity contribution is 7.92. The molecule has 0 saturated carbocycles. The van der Waals surface area contributed by atoms with Crippen molar-refractivity contribution in [1.82, 2.24) is 0 Å². The number of carbonyl (C=O) groups excluding carboxylic acids is 1. The zero-order valence-corrected chi connectivity index (χ0v) is 16.7. The summed E-state index contributed by atoms with van der Waals surface area (Å²) < 4.78 is 70.8. The topological polar surface area (TPSA) is 63.7 Å². The van der Waals surface area contributed by atoms with E-state index < -0.39 is 34.3 Å². The summed E-state index contributed by atoms with van der Waals surface area (Å²) in [4.78, 5) is 11.9. The van der Waals surface area contributed by atoms with E-state index in [-0.39, 0.29) is 17.2 Å². The second-order valence-corrected chi connectivity index (χ2v) is 8.23. The van der Waals surface area contributed by atoms with Gasteiger partial charge in [0.15, 0.2) is 0 Å². The maximum atomic E-state index is 13.3. The van der Waals surface area contributed by atoms with Crippen LogP contribution in [0.2, 0.25) is 0 Å². The largest absolute Gasteiger partial charge is 0.465 e. The Hall–Kier alpha value is -3.07. The number of hydrogen-bond donors (Lipinski definition) is 0. The third-order valence-electron chi connectivity index (χ3n) is 4.37. The first-order valence-electron chi connectivity index (χ1n) is 8.97. The Balaban J connectivity index is 2.06. The minimum Gasteiger partial charge on any atom is -0.465 e. The lowest BCUT2D eigenvalue weighted by Gasteiger charge is -2.24. The van der Waals surface area contributed by atoms with Gasteiger partial charge in [-0.3, -0.25) is 9.10 Å². The second kappa shape index (κ2) is 8.35. The van der Waals surface area contributed by atoms with Crippen LogP contribution in [0.5, 0.6) is 0 Å². The monoisotopic (exact) mass is 437 g/mol. The summed E-state index contributed by atoms with van der Waals surface area (Å²) in [5.41, 5.74) is -1.00. The molecule has 0 atom stereocenters. The molecule has 3 rings (SSSR count). The summed E-state index contributed by atoms with van der Waals surface area (Å²) in [5.74, 6) is -0.818. The van der Waals surface area contributed by atoms with E-state index in [1.165, 1.54) is 12.1 Å². The first-order chi connectivity index (χ1) is 14.1. The summed E-state index contributed by atoms with van der Waals surface area (Å²) in [7, 11) is -4.26. The fourth-order valence-electron chi connectivity index (χ4n) is 2.91. The van der Waals surface area contributed by atoms with Gasteiger partial charge in [-0.2, -0.15) is 13.2 Å². The summed E-state index contributed by atoms with van der Waals surface area (Å²) in [6.07, 6.45) is -4.57. The van der Waals surface area contributed by atoms with Crippen molar-refractivity contribution in [3.8, 4) is 0 Å². The van der Waals surface area contributed by atoms with Crippen molar-refractivity contribution in [2.75, 3.05) is 17.5 Å². The summed E-state index contributed by atoms with van der Waals surface area (Å²) in [6, 6.07) is 15.1. The van der Waals surface area contributed by atoms with Gasteiger partial charge in [0.1, 0.15) is 6.54 Å². The van der Waals surface area contributed by atoms with E-state index in [0.29, 0.717) is 5.39 Å². The van der Waals surface area contributed by atoms with Crippen LogP contribution in [0.15, 0.2) is 71.6 Å². The number of rotatable bonds is 6. The molecule has 0 heterocycles. The molecule has 3 aromatic rings. The van der Waals surface area contributed by atoms with Crippen molar-refractivity contribution in [2.45, 2.75) is 18.0 Å². The Morgan fingerprint density at radius 3 is 2.20 bits per heavy atom. The molecule has 0 saturated heterocycles. The van der Waals surface area contributed by atoms with Crippen LogP contribution in [0.4, 0.5) is 18.9 Å². The Kier molecular flexibility index (Phi) is 6.02. The average Bonchev–Trinajstić information content (AvgIpc) is 2.71. The number of ether oxygens (including phenoxy) is 1. The van der Waals surface area contributed by atoms with Crippen LogP contribution >= 0.6 is 0 Å². The number of hydrogen-bond acceptors (Lipinski definition) is 4. The van der Waals surface area contributed by atoms with Gasteiger partial charge >= 0.3 is 12.1 Å². The van der Waals surface area contributed by atoms with Gasteiger partial charge in [-0.05, 0) is 54.1 Å². The number of esters is 1. The summed E-state index contributed by atoms with van der Waals surface area (Å²) in [6.45, 7) is 0.933. The van der Waals surface area contributed by atoms with E-state index in [1.54, 1.807) is 25.1 Å². The minimum atomic E-state index is -4.57.